The van der Waals surface area contributed by atoms with Crippen molar-refractivity contribution in [2.75, 3.05) is 0 Å². The molecule has 1 amide bonds. The lowest BCUT2D eigenvalue weighted by Gasteiger charge is -2.06. The van der Waals surface area contributed by atoms with Crippen LogP contribution in [0.1, 0.15) is 16.1 Å². The van der Waals surface area contributed by atoms with Crippen molar-refractivity contribution in [2.24, 2.45) is 0 Å². The molecule has 1 N–H and O–H groups in total. The second kappa shape index (κ2) is 8.35. The van der Waals surface area contributed by atoms with Gasteiger partial charge in [0.2, 0.25) is 0 Å². The van der Waals surface area contributed by atoms with Crippen LogP contribution in [0.25, 0.3) is 27.9 Å². The van der Waals surface area contributed by atoms with E-state index in [4.69, 9.17) is 9.52 Å². The molecule has 5 aromatic rings. The molecule has 0 radical (unpaired) electrons. The van der Waals surface area contributed by atoms with E-state index in [1.807, 2.05) is 66.9 Å². The third-order valence-corrected chi connectivity index (χ3v) is 5.16. The molecule has 156 valence electrons. The van der Waals surface area contributed by atoms with E-state index in [-0.39, 0.29) is 17.7 Å². The van der Waals surface area contributed by atoms with Crippen LogP contribution >= 0.6 is 0 Å². The van der Waals surface area contributed by atoms with E-state index in [1.54, 1.807) is 28.9 Å². The minimum Gasteiger partial charge on any atom is -0.451 e. The van der Waals surface area contributed by atoms with Crippen molar-refractivity contribution in [2.45, 2.75) is 6.54 Å². The molecule has 5 rings (SSSR count). The maximum atomic E-state index is 12.8. The van der Waals surface area contributed by atoms with Crippen molar-refractivity contribution in [3.05, 3.63) is 119 Å². The molecule has 6 nitrogen and oxygen atoms in total. The molecule has 0 saturated heterocycles. The zero-order valence-electron chi connectivity index (χ0n) is 17.1. The first-order valence-electron chi connectivity index (χ1n) is 10.2. The van der Waals surface area contributed by atoms with Crippen LogP contribution < -0.4 is 10.7 Å². The largest absolute Gasteiger partial charge is 0.451 e. The van der Waals surface area contributed by atoms with E-state index in [2.05, 4.69) is 5.32 Å². The van der Waals surface area contributed by atoms with Gasteiger partial charge >= 0.3 is 0 Å². The Morgan fingerprint density at radius 3 is 2.38 bits per heavy atom. The van der Waals surface area contributed by atoms with E-state index in [1.165, 1.54) is 6.07 Å². The molecule has 32 heavy (non-hydrogen) atoms. The first kappa shape index (κ1) is 19.5. The number of aromatic nitrogens is 2. The number of rotatable bonds is 5. The van der Waals surface area contributed by atoms with Gasteiger partial charge in [0.15, 0.2) is 11.2 Å². The van der Waals surface area contributed by atoms with E-state index in [9.17, 15) is 9.59 Å². The minimum atomic E-state index is -0.459. The number of hydrogen-bond acceptors (Lipinski definition) is 4. The Hall–Kier alpha value is -4.45. The number of benzene rings is 3. The summed E-state index contributed by atoms with van der Waals surface area (Å²) in [4.78, 5) is 25.1. The fourth-order valence-corrected chi connectivity index (χ4v) is 3.57. The predicted molar refractivity (Wildman–Crippen MR) is 123 cm³/mol. The van der Waals surface area contributed by atoms with Crippen LogP contribution in [0, 0.1) is 0 Å². The van der Waals surface area contributed by atoms with Crippen LogP contribution in [0.15, 0.2) is 106 Å². The molecule has 0 bridgehead atoms. The Labute approximate surface area is 183 Å². The van der Waals surface area contributed by atoms with E-state index >= 15 is 0 Å². The Bertz CT molecular complexity index is 1450. The third kappa shape index (κ3) is 3.81. The van der Waals surface area contributed by atoms with Gasteiger partial charge in [0, 0.05) is 29.9 Å². The number of amides is 1. The summed E-state index contributed by atoms with van der Waals surface area (Å²) in [6.07, 6.45) is 1.90. The van der Waals surface area contributed by atoms with Gasteiger partial charge < -0.3 is 9.73 Å². The van der Waals surface area contributed by atoms with E-state index < -0.39 is 5.91 Å². The number of para-hydroxylation sites is 2. The molecule has 0 aliphatic carbocycles. The molecule has 0 unspecified atom stereocenters. The normalized spacial score (nSPS) is 10.9. The van der Waals surface area contributed by atoms with Gasteiger partial charge in [-0.3, -0.25) is 9.59 Å². The zero-order chi connectivity index (χ0) is 21.9. The number of hydrogen-bond donors (Lipinski definition) is 1. The Morgan fingerprint density at radius 1 is 0.906 bits per heavy atom. The molecule has 2 aromatic heterocycles. The molecular weight excluding hydrogens is 402 g/mol. The number of carbonyl (C=O) groups is 1. The standard InChI is InChI=1S/C26H19N3O3/c30-22-15-24(32-23-14-8-7-13-21(22)23)26(31)27-16-19-17-29(20-11-5-2-6-12-20)28-25(19)18-9-3-1-4-10-18/h1-15,17H,16H2,(H,27,31). The summed E-state index contributed by atoms with van der Waals surface area (Å²) in [5.74, 6) is -0.482. The number of nitrogens with zero attached hydrogens (tertiary/aromatic N) is 2. The van der Waals surface area contributed by atoms with Gasteiger partial charge in [-0.15, -0.1) is 0 Å². The van der Waals surface area contributed by atoms with Crippen LogP contribution in [0.4, 0.5) is 0 Å². The predicted octanol–water partition coefficient (Wildman–Crippen LogP) is 4.58. The Balaban J connectivity index is 1.45. The molecule has 0 fully saturated rings. The van der Waals surface area contributed by atoms with Crippen molar-refractivity contribution in [1.29, 1.82) is 0 Å². The van der Waals surface area contributed by atoms with Gasteiger partial charge in [0.25, 0.3) is 5.91 Å². The summed E-state index contributed by atoms with van der Waals surface area (Å²) in [5, 5.41) is 8.05. The average molecular weight is 421 g/mol. The van der Waals surface area contributed by atoms with Crippen molar-refractivity contribution >= 4 is 16.9 Å². The third-order valence-electron chi connectivity index (χ3n) is 5.16. The summed E-state index contributed by atoms with van der Waals surface area (Å²) in [5.41, 5.74) is 3.61. The Morgan fingerprint density at radius 2 is 1.59 bits per heavy atom. The topological polar surface area (TPSA) is 77.1 Å². The van der Waals surface area contributed by atoms with Crippen LogP contribution in [-0.2, 0) is 6.54 Å². The van der Waals surface area contributed by atoms with Crippen molar-refractivity contribution in [3.8, 4) is 16.9 Å². The minimum absolute atomic E-state index is 0.0228. The molecule has 2 heterocycles. The van der Waals surface area contributed by atoms with Gasteiger partial charge in [-0.2, -0.15) is 5.10 Å². The highest BCUT2D eigenvalue weighted by atomic mass is 16.3. The molecule has 0 aliphatic rings. The molecule has 3 aromatic carbocycles. The van der Waals surface area contributed by atoms with Crippen LogP contribution in [0.3, 0.4) is 0 Å². The number of nitrogens with one attached hydrogen (secondary N) is 1. The number of carbonyl (C=O) groups excluding carboxylic acids is 1. The van der Waals surface area contributed by atoms with Gasteiger partial charge in [-0.1, -0.05) is 60.7 Å². The second-order valence-corrected chi connectivity index (χ2v) is 7.30. The highest BCUT2D eigenvalue weighted by molar-refractivity contribution is 5.93. The molecule has 0 spiro atoms. The molecule has 0 saturated carbocycles. The Kier molecular flexibility index (Phi) is 5.09. The van der Waals surface area contributed by atoms with E-state index in [0.29, 0.717) is 11.0 Å². The monoisotopic (exact) mass is 421 g/mol. The van der Waals surface area contributed by atoms with E-state index in [0.717, 1.165) is 22.5 Å². The lowest BCUT2D eigenvalue weighted by molar-refractivity contribution is 0.0924. The molecule has 0 atom stereocenters. The zero-order valence-corrected chi connectivity index (χ0v) is 17.1. The smallest absolute Gasteiger partial charge is 0.287 e. The van der Waals surface area contributed by atoms with Gasteiger partial charge in [0.05, 0.1) is 16.8 Å². The van der Waals surface area contributed by atoms with Gasteiger partial charge in [0.1, 0.15) is 5.58 Å². The molecular formula is C26H19N3O3. The fraction of sp³-hybridized carbons (Fsp3) is 0.0385. The lowest BCUT2D eigenvalue weighted by atomic mass is 10.1. The first-order valence-corrected chi connectivity index (χ1v) is 10.2. The van der Waals surface area contributed by atoms with Crippen LogP contribution in [0.5, 0.6) is 0 Å². The highest BCUT2D eigenvalue weighted by Gasteiger charge is 2.16. The van der Waals surface area contributed by atoms with Gasteiger partial charge in [-0.05, 0) is 24.3 Å². The average Bonchev–Trinajstić information content (AvgIpc) is 3.28. The van der Waals surface area contributed by atoms with Crippen molar-refractivity contribution < 1.29 is 9.21 Å². The summed E-state index contributed by atoms with van der Waals surface area (Å²) in [6.45, 7) is 0.229. The first-order chi connectivity index (χ1) is 15.7. The van der Waals surface area contributed by atoms with Crippen molar-refractivity contribution in [1.82, 2.24) is 15.1 Å². The molecule has 6 heteroatoms. The van der Waals surface area contributed by atoms with Crippen molar-refractivity contribution in [3.63, 3.8) is 0 Å². The summed E-state index contributed by atoms with van der Waals surface area (Å²) in [6, 6.07) is 27.7. The van der Waals surface area contributed by atoms with Crippen LogP contribution in [-0.4, -0.2) is 15.7 Å². The maximum Gasteiger partial charge on any atom is 0.287 e. The SMILES string of the molecule is O=C(NCc1cn(-c2ccccc2)nc1-c1ccccc1)c1cc(=O)c2ccccc2o1. The summed E-state index contributed by atoms with van der Waals surface area (Å²) < 4.78 is 7.44. The maximum absolute atomic E-state index is 12.8. The second-order valence-electron chi connectivity index (χ2n) is 7.30. The quantitative estimate of drug-likeness (QED) is 0.451. The number of fused-ring (bicyclic) bond motifs is 1. The fourth-order valence-electron chi connectivity index (χ4n) is 3.57. The summed E-state index contributed by atoms with van der Waals surface area (Å²) >= 11 is 0. The highest BCUT2D eigenvalue weighted by Crippen LogP contribution is 2.23. The lowest BCUT2D eigenvalue weighted by Crippen LogP contribution is -2.24. The van der Waals surface area contributed by atoms with Crippen LogP contribution in [0.2, 0.25) is 0 Å². The summed E-state index contributed by atoms with van der Waals surface area (Å²) in [7, 11) is 0. The molecule has 0 aliphatic heterocycles. The van der Waals surface area contributed by atoms with Gasteiger partial charge in [-0.25, -0.2) is 4.68 Å².